The van der Waals surface area contributed by atoms with Gasteiger partial charge in [0.15, 0.2) is 0 Å². The summed E-state index contributed by atoms with van der Waals surface area (Å²) in [4.78, 5) is 58.2. The number of epoxide rings is 1. The Morgan fingerprint density at radius 2 is 1.77 bits per heavy atom. The molecule has 9 nitrogen and oxygen atoms in total. The molecule has 0 radical (unpaired) electrons. The number of carbonyl (C=O) groups excluding carboxylic acids is 4. The van der Waals surface area contributed by atoms with Crippen molar-refractivity contribution in [2.24, 2.45) is 29.1 Å². The van der Waals surface area contributed by atoms with E-state index in [4.69, 9.17) is 4.74 Å². The van der Waals surface area contributed by atoms with Gasteiger partial charge in [-0.1, -0.05) is 75.4 Å². The molecule has 1 saturated carbocycles. The van der Waals surface area contributed by atoms with E-state index in [9.17, 15) is 19.2 Å². The van der Waals surface area contributed by atoms with Crippen molar-refractivity contribution < 1.29 is 23.9 Å². The minimum absolute atomic E-state index is 0.0908. The summed E-state index contributed by atoms with van der Waals surface area (Å²) in [6, 6.07) is 8.33. The summed E-state index contributed by atoms with van der Waals surface area (Å²) < 4.78 is 6.41. The third kappa shape index (κ3) is 5.07. The van der Waals surface area contributed by atoms with Crippen molar-refractivity contribution >= 4 is 23.6 Å². The molecule has 0 aromatic heterocycles. The molecule has 6 rings (SSSR count). The molecule has 4 fully saturated rings. The molecular formula is C35H46N4O5. The van der Waals surface area contributed by atoms with Gasteiger partial charge in [-0.15, -0.1) is 0 Å². The second-order valence-corrected chi connectivity index (χ2v) is 13.9. The molecule has 2 unspecified atom stereocenters. The highest BCUT2D eigenvalue weighted by Crippen LogP contribution is 2.65. The number of amides is 4. The van der Waals surface area contributed by atoms with Gasteiger partial charge in [0, 0.05) is 31.0 Å². The Balaban J connectivity index is 1.44. The van der Waals surface area contributed by atoms with Crippen molar-refractivity contribution in [2.45, 2.75) is 89.6 Å². The molecule has 3 saturated heterocycles. The second kappa shape index (κ2) is 11.8. The minimum atomic E-state index is -1.45. The molecule has 1 spiro atoms. The van der Waals surface area contributed by atoms with Crippen molar-refractivity contribution in [2.75, 3.05) is 13.1 Å². The Morgan fingerprint density at radius 1 is 1.02 bits per heavy atom. The zero-order chi connectivity index (χ0) is 31.2. The molecule has 5 aliphatic rings. The first-order chi connectivity index (χ1) is 21.1. The summed E-state index contributed by atoms with van der Waals surface area (Å²) in [6.07, 6.45) is 10.5. The molecule has 9 atom stereocenters. The maximum Gasteiger partial charge on any atom is 0.245 e. The number of carbonyl (C=O) groups is 4. The van der Waals surface area contributed by atoms with Gasteiger partial charge in [0.2, 0.25) is 23.6 Å². The summed E-state index contributed by atoms with van der Waals surface area (Å²) in [5.41, 5.74) is -0.821. The number of nitrogens with one attached hydrogen (secondary N) is 3. The Morgan fingerprint density at radius 3 is 2.52 bits per heavy atom. The third-order valence-electron chi connectivity index (χ3n) is 10.8. The van der Waals surface area contributed by atoms with Gasteiger partial charge in [-0.2, -0.15) is 0 Å². The third-order valence-corrected chi connectivity index (χ3v) is 10.8. The number of ether oxygens (including phenoxy) is 1. The smallest absolute Gasteiger partial charge is 0.245 e. The first kappa shape index (κ1) is 30.6. The van der Waals surface area contributed by atoms with Crippen molar-refractivity contribution in [3.8, 4) is 0 Å². The molecule has 0 bridgehead atoms. The van der Waals surface area contributed by atoms with Crippen LogP contribution in [-0.2, 0) is 30.3 Å². The predicted molar refractivity (Wildman–Crippen MR) is 166 cm³/mol. The van der Waals surface area contributed by atoms with Crippen LogP contribution in [-0.4, -0.2) is 71.4 Å². The molecule has 1 aromatic rings. The molecule has 44 heavy (non-hydrogen) atoms. The van der Waals surface area contributed by atoms with E-state index in [-0.39, 0.29) is 47.6 Å². The first-order valence-electron chi connectivity index (χ1n) is 16.3. The van der Waals surface area contributed by atoms with Gasteiger partial charge < -0.3 is 25.6 Å². The zero-order valence-corrected chi connectivity index (χ0v) is 26.3. The van der Waals surface area contributed by atoms with Crippen LogP contribution in [0.15, 0.2) is 54.6 Å². The molecule has 4 heterocycles. The topological polar surface area (TPSA) is 120 Å². The van der Waals surface area contributed by atoms with Gasteiger partial charge in [0.1, 0.15) is 17.5 Å². The molecule has 4 aliphatic heterocycles. The van der Waals surface area contributed by atoms with Crippen LogP contribution in [0.3, 0.4) is 0 Å². The molecular weight excluding hydrogens is 556 g/mol. The summed E-state index contributed by atoms with van der Waals surface area (Å²) in [7, 11) is 0. The number of benzene rings is 1. The molecule has 9 heteroatoms. The number of rotatable bonds is 4. The van der Waals surface area contributed by atoms with Gasteiger partial charge in [0.25, 0.3) is 0 Å². The standard InChI is InChI=1S/C35H46N4O5/c1-21(2)19-26-31(41)39-18-12-16-27(39)30(40)36-17-11-6-5-10-15-24-29-34(4,44-29)22(3)28-25(20-23-13-8-7-9-14-23)37-32(42)35(24,28)33(43)38-26/h6-11,13-15,21-22,24-29H,5,12,16-20H2,1-4H3,(H,36,40)(H,37,42)(H,38,43)/b11-6-,15-10+/t22-,24?,25-,26+,27-,28?,29-,34+,35+/m0/s1. The number of nitrogens with zero attached hydrogens (tertiary/aromatic N) is 1. The van der Waals surface area contributed by atoms with Crippen molar-refractivity contribution in [3.05, 3.63) is 60.2 Å². The van der Waals surface area contributed by atoms with Gasteiger partial charge in [-0.3, -0.25) is 19.2 Å². The summed E-state index contributed by atoms with van der Waals surface area (Å²) in [6.45, 7) is 9.05. The normalized spacial score (nSPS) is 40.2. The van der Waals surface area contributed by atoms with Gasteiger partial charge in [0.05, 0.1) is 11.7 Å². The van der Waals surface area contributed by atoms with Crippen LogP contribution in [0.1, 0.15) is 58.9 Å². The predicted octanol–water partition coefficient (Wildman–Crippen LogP) is 2.91. The van der Waals surface area contributed by atoms with Crippen molar-refractivity contribution in [3.63, 3.8) is 0 Å². The quantitative estimate of drug-likeness (QED) is 0.278. The zero-order valence-electron chi connectivity index (χ0n) is 26.3. The minimum Gasteiger partial charge on any atom is -0.365 e. The molecule has 1 aromatic carbocycles. The highest BCUT2D eigenvalue weighted by molar-refractivity contribution is 6.09. The number of hydrogen-bond donors (Lipinski definition) is 3. The van der Waals surface area contributed by atoms with Crippen LogP contribution in [0.4, 0.5) is 0 Å². The Labute approximate surface area is 260 Å². The van der Waals surface area contributed by atoms with Crippen LogP contribution in [0.5, 0.6) is 0 Å². The van der Waals surface area contributed by atoms with Gasteiger partial charge in [-0.05, 0) is 56.4 Å². The second-order valence-electron chi connectivity index (χ2n) is 13.9. The van der Waals surface area contributed by atoms with E-state index in [0.29, 0.717) is 38.8 Å². The average Bonchev–Trinajstić information content (AvgIpc) is 3.32. The summed E-state index contributed by atoms with van der Waals surface area (Å²) in [5, 5.41) is 9.34. The lowest BCUT2D eigenvalue weighted by atomic mass is 9.52. The SMILES string of the molecule is CC(C)C[C@H]1NC(=O)[C@@]23C(=O)N[C@@H](Cc4ccccc4)C2[C@H](C)[C@@]2(C)O[C@H]2C3/C=C/C/C=C\CNC(=O)[C@@H]2CCCN2C1=O. The first-order valence-corrected chi connectivity index (χ1v) is 16.3. The van der Waals surface area contributed by atoms with E-state index >= 15 is 0 Å². The Kier molecular flexibility index (Phi) is 8.20. The van der Waals surface area contributed by atoms with E-state index in [1.165, 1.54) is 0 Å². The highest BCUT2D eigenvalue weighted by Gasteiger charge is 2.78. The fraction of sp³-hybridized carbons (Fsp3) is 0.600. The Hall–Kier alpha value is -3.46. The number of hydrogen-bond acceptors (Lipinski definition) is 5. The maximum absolute atomic E-state index is 14.9. The maximum atomic E-state index is 14.9. The van der Waals surface area contributed by atoms with E-state index < -0.39 is 34.9 Å². The van der Waals surface area contributed by atoms with Crippen LogP contribution < -0.4 is 16.0 Å². The van der Waals surface area contributed by atoms with Crippen LogP contribution in [0.2, 0.25) is 0 Å². The lowest BCUT2D eigenvalue weighted by Gasteiger charge is -2.46. The van der Waals surface area contributed by atoms with E-state index in [0.717, 1.165) is 12.0 Å². The largest absolute Gasteiger partial charge is 0.365 e. The van der Waals surface area contributed by atoms with E-state index in [1.807, 2.05) is 68.5 Å². The molecule has 4 amide bonds. The number of fused-ring (bicyclic) bond motifs is 3. The van der Waals surface area contributed by atoms with E-state index in [2.05, 4.69) is 29.8 Å². The lowest BCUT2D eigenvalue weighted by Crippen LogP contribution is -2.64. The average molecular weight is 603 g/mol. The fourth-order valence-electron chi connectivity index (χ4n) is 8.53. The van der Waals surface area contributed by atoms with Crippen LogP contribution in [0.25, 0.3) is 0 Å². The van der Waals surface area contributed by atoms with Crippen LogP contribution in [0, 0.1) is 29.1 Å². The number of allylic oxidation sites excluding steroid dienone is 2. The van der Waals surface area contributed by atoms with Gasteiger partial charge in [-0.25, -0.2) is 0 Å². The molecule has 3 N–H and O–H groups in total. The Bertz CT molecular complexity index is 1360. The fourth-order valence-corrected chi connectivity index (χ4v) is 8.53. The molecule has 236 valence electrons. The summed E-state index contributed by atoms with van der Waals surface area (Å²) in [5.74, 6) is -2.01. The highest BCUT2D eigenvalue weighted by atomic mass is 16.6. The molecule has 1 aliphatic carbocycles. The van der Waals surface area contributed by atoms with Gasteiger partial charge >= 0.3 is 0 Å². The van der Waals surface area contributed by atoms with Crippen LogP contribution >= 0.6 is 0 Å². The lowest BCUT2D eigenvalue weighted by molar-refractivity contribution is -0.153. The monoisotopic (exact) mass is 602 g/mol. The van der Waals surface area contributed by atoms with Crippen molar-refractivity contribution in [1.82, 2.24) is 20.9 Å². The van der Waals surface area contributed by atoms with Crippen molar-refractivity contribution in [1.29, 1.82) is 0 Å². The van der Waals surface area contributed by atoms with E-state index in [1.54, 1.807) is 4.90 Å². The summed E-state index contributed by atoms with van der Waals surface area (Å²) >= 11 is 0.